The maximum atomic E-state index is 12.8. The molecule has 1 heterocycles. The topological polar surface area (TPSA) is 77.4 Å². The van der Waals surface area contributed by atoms with Crippen molar-refractivity contribution in [2.75, 3.05) is 0 Å². The van der Waals surface area contributed by atoms with Gasteiger partial charge in [0.15, 0.2) is 6.10 Å². The van der Waals surface area contributed by atoms with Gasteiger partial charge in [0.1, 0.15) is 12.4 Å². The van der Waals surface area contributed by atoms with Gasteiger partial charge < -0.3 is 14.6 Å². The average molecular weight is 332 g/mol. The zero-order valence-corrected chi connectivity index (χ0v) is 13.1. The zero-order chi connectivity index (χ0) is 17.5. The molecule has 7 heteroatoms. The van der Waals surface area contributed by atoms with Crippen LogP contribution in [-0.4, -0.2) is 22.5 Å². The largest absolute Gasteiger partial charge is 0.451 e. The maximum Gasteiger partial charge on any atom is 0.326 e. The zero-order valence-electron chi connectivity index (χ0n) is 13.1. The highest BCUT2D eigenvalue weighted by Crippen LogP contribution is 2.03. The second kappa shape index (κ2) is 8.05. The summed E-state index contributed by atoms with van der Waals surface area (Å²) in [5, 5.41) is 2.59. The fourth-order valence-corrected chi connectivity index (χ4v) is 1.95. The van der Waals surface area contributed by atoms with Gasteiger partial charge in [-0.1, -0.05) is 18.2 Å². The molecule has 1 N–H and O–H groups in total. The molecule has 126 valence electrons. The fourth-order valence-electron chi connectivity index (χ4n) is 1.95. The van der Waals surface area contributed by atoms with Crippen molar-refractivity contribution >= 4 is 11.9 Å². The number of nitrogens with one attached hydrogen (secondary N) is 1. The lowest BCUT2D eigenvalue weighted by molar-refractivity contribution is -0.155. The van der Waals surface area contributed by atoms with Gasteiger partial charge in [0.2, 0.25) is 0 Å². The number of halogens is 1. The first kappa shape index (κ1) is 17.4. The molecule has 24 heavy (non-hydrogen) atoms. The third kappa shape index (κ3) is 5.05. The van der Waals surface area contributed by atoms with Gasteiger partial charge in [-0.3, -0.25) is 14.4 Å². The van der Waals surface area contributed by atoms with Crippen LogP contribution in [0.15, 0.2) is 53.5 Å². The van der Waals surface area contributed by atoms with Crippen molar-refractivity contribution in [2.45, 2.75) is 26.1 Å². The van der Waals surface area contributed by atoms with Crippen LogP contribution in [0, 0.1) is 5.82 Å². The summed E-state index contributed by atoms with van der Waals surface area (Å²) in [5.41, 5.74) is 0.391. The molecule has 2 rings (SSSR count). The Labute approximate surface area is 137 Å². The molecule has 0 saturated carbocycles. The minimum Gasteiger partial charge on any atom is -0.451 e. The second-order valence-corrected chi connectivity index (χ2v) is 5.14. The van der Waals surface area contributed by atoms with E-state index in [1.54, 1.807) is 24.3 Å². The summed E-state index contributed by atoms with van der Waals surface area (Å²) >= 11 is 0. The van der Waals surface area contributed by atoms with Gasteiger partial charge in [0.25, 0.3) is 11.5 Å². The maximum absolute atomic E-state index is 12.8. The number of aromatic nitrogens is 1. The number of hydrogen-bond donors (Lipinski definition) is 1. The van der Waals surface area contributed by atoms with E-state index >= 15 is 0 Å². The molecule has 0 spiro atoms. The Morgan fingerprint density at radius 3 is 2.58 bits per heavy atom. The van der Waals surface area contributed by atoms with E-state index in [9.17, 15) is 18.8 Å². The number of carbonyl (C=O) groups is 2. The van der Waals surface area contributed by atoms with E-state index in [0.29, 0.717) is 0 Å². The van der Waals surface area contributed by atoms with E-state index in [0.717, 1.165) is 5.56 Å². The Balaban J connectivity index is 1.82. The Bertz CT molecular complexity index is 771. The summed E-state index contributed by atoms with van der Waals surface area (Å²) in [4.78, 5) is 35.2. The Kier molecular flexibility index (Phi) is 5.83. The molecular weight excluding hydrogens is 315 g/mol. The van der Waals surface area contributed by atoms with Crippen LogP contribution >= 0.6 is 0 Å². The van der Waals surface area contributed by atoms with Crippen LogP contribution in [0.25, 0.3) is 0 Å². The number of ether oxygens (including phenoxy) is 1. The summed E-state index contributed by atoms with van der Waals surface area (Å²) in [5.74, 6) is -1.52. The molecule has 0 unspecified atom stereocenters. The molecule has 1 aromatic heterocycles. The van der Waals surface area contributed by atoms with Crippen molar-refractivity contribution in [3.8, 4) is 0 Å². The third-order valence-electron chi connectivity index (χ3n) is 3.26. The Morgan fingerprint density at radius 2 is 1.92 bits per heavy atom. The molecule has 0 aliphatic rings. The molecule has 0 radical (unpaired) electrons. The minimum absolute atomic E-state index is 0.194. The van der Waals surface area contributed by atoms with E-state index in [1.807, 2.05) is 0 Å². The quantitative estimate of drug-likeness (QED) is 0.807. The SMILES string of the molecule is C[C@H](OC(=O)Cn1ccccc1=O)C(=O)NCc1ccc(F)cc1. The number of amides is 1. The van der Waals surface area contributed by atoms with E-state index in [4.69, 9.17) is 4.74 Å². The van der Waals surface area contributed by atoms with Crippen LogP contribution in [-0.2, 0) is 27.4 Å². The van der Waals surface area contributed by atoms with Crippen LogP contribution in [0.4, 0.5) is 4.39 Å². The summed E-state index contributed by atoms with van der Waals surface area (Å²) in [6.45, 7) is 1.36. The molecule has 1 atom stereocenters. The van der Waals surface area contributed by atoms with Crippen LogP contribution < -0.4 is 10.9 Å². The number of hydrogen-bond acceptors (Lipinski definition) is 4. The summed E-state index contributed by atoms with van der Waals surface area (Å²) in [6.07, 6.45) is 0.459. The number of benzene rings is 1. The van der Waals surface area contributed by atoms with Gasteiger partial charge >= 0.3 is 5.97 Å². The van der Waals surface area contributed by atoms with Gasteiger partial charge in [-0.05, 0) is 30.7 Å². The lowest BCUT2D eigenvalue weighted by atomic mass is 10.2. The van der Waals surface area contributed by atoms with Crippen molar-refractivity contribution < 1.29 is 18.7 Å². The fraction of sp³-hybridized carbons (Fsp3) is 0.235. The highest BCUT2D eigenvalue weighted by molar-refractivity contribution is 5.83. The number of esters is 1. The summed E-state index contributed by atoms with van der Waals surface area (Å²) < 4.78 is 19.0. The number of nitrogens with zero attached hydrogens (tertiary/aromatic N) is 1. The normalized spacial score (nSPS) is 11.6. The van der Waals surface area contributed by atoms with E-state index in [2.05, 4.69) is 5.32 Å². The van der Waals surface area contributed by atoms with Crippen LogP contribution in [0.3, 0.4) is 0 Å². The molecule has 2 aromatic rings. The van der Waals surface area contributed by atoms with E-state index < -0.39 is 18.0 Å². The summed E-state index contributed by atoms with van der Waals surface area (Å²) in [7, 11) is 0. The van der Waals surface area contributed by atoms with E-state index in [-0.39, 0.29) is 24.5 Å². The van der Waals surface area contributed by atoms with Crippen molar-refractivity contribution in [2.24, 2.45) is 0 Å². The van der Waals surface area contributed by atoms with Crippen molar-refractivity contribution in [1.82, 2.24) is 9.88 Å². The highest BCUT2D eigenvalue weighted by Gasteiger charge is 2.17. The molecule has 0 aliphatic carbocycles. The molecule has 0 fully saturated rings. The van der Waals surface area contributed by atoms with Gasteiger partial charge in [-0.15, -0.1) is 0 Å². The lowest BCUT2D eigenvalue weighted by Gasteiger charge is -2.14. The van der Waals surface area contributed by atoms with E-state index in [1.165, 1.54) is 35.9 Å². The monoisotopic (exact) mass is 332 g/mol. The molecule has 1 amide bonds. The lowest BCUT2D eigenvalue weighted by Crippen LogP contribution is -2.36. The molecule has 6 nitrogen and oxygen atoms in total. The first-order valence-corrected chi connectivity index (χ1v) is 7.33. The molecule has 0 saturated heterocycles. The standard InChI is InChI=1S/C17H17FN2O4/c1-12(17(23)19-10-13-5-7-14(18)8-6-13)24-16(22)11-20-9-3-2-4-15(20)21/h2-9,12H,10-11H2,1H3,(H,19,23)/t12-/m0/s1. The third-order valence-corrected chi connectivity index (χ3v) is 3.26. The predicted octanol–water partition coefficient (Wildman–Crippen LogP) is 1.24. The first-order chi connectivity index (χ1) is 11.5. The van der Waals surface area contributed by atoms with Crippen molar-refractivity contribution in [3.63, 3.8) is 0 Å². The molecule has 1 aromatic carbocycles. The Hall–Kier alpha value is -2.96. The predicted molar refractivity (Wildman–Crippen MR) is 84.5 cm³/mol. The van der Waals surface area contributed by atoms with Crippen LogP contribution in [0.1, 0.15) is 12.5 Å². The van der Waals surface area contributed by atoms with Gasteiger partial charge in [-0.25, -0.2) is 4.39 Å². The van der Waals surface area contributed by atoms with Gasteiger partial charge in [0.05, 0.1) is 0 Å². The van der Waals surface area contributed by atoms with Crippen molar-refractivity contribution in [1.29, 1.82) is 0 Å². The Morgan fingerprint density at radius 1 is 1.21 bits per heavy atom. The number of carbonyl (C=O) groups excluding carboxylic acids is 2. The van der Waals surface area contributed by atoms with Crippen molar-refractivity contribution in [3.05, 3.63) is 70.4 Å². The minimum atomic E-state index is -1.00. The van der Waals surface area contributed by atoms with Gasteiger partial charge in [-0.2, -0.15) is 0 Å². The summed E-state index contributed by atoms with van der Waals surface area (Å²) in [6, 6.07) is 10.2. The molecular formula is C17H17FN2O4. The van der Waals surface area contributed by atoms with Gasteiger partial charge in [0, 0.05) is 18.8 Å². The molecule has 0 aliphatic heterocycles. The van der Waals surface area contributed by atoms with Crippen LogP contribution in [0.2, 0.25) is 0 Å². The highest BCUT2D eigenvalue weighted by atomic mass is 19.1. The average Bonchev–Trinajstić information content (AvgIpc) is 2.56. The first-order valence-electron chi connectivity index (χ1n) is 7.33. The molecule has 0 bridgehead atoms. The smallest absolute Gasteiger partial charge is 0.326 e. The van der Waals surface area contributed by atoms with Crippen LogP contribution in [0.5, 0.6) is 0 Å². The second-order valence-electron chi connectivity index (χ2n) is 5.14. The number of rotatable bonds is 6. The number of pyridine rings is 1.